The van der Waals surface area contributed by atoms with E-state index in [9.17, 15) is 4.79 Å². The molecule has 19 heavy (non-hydrogen) atoms. The number of carbonyl (C=O) groups excluding carboxylic acids is 1. The van der Waals surface area contributed by atoms with Crippen molar-refractivity contribution in [2.24, 2.45) is 11.8 Å². The molecule has 1 fully saturated rings. The highest BCUT2D eigenvalue weighted by molar-refractivity contribution is 5.97. The van der Waals surface area contributed by atoms with Crippen LogP contribution in [0.15, 0.2) is 18.2 Å². The zero-order valence-corrected chi connectivity index (χ0v) is 12.5. The van der Waals surface area contributed by atoms with Crippen molar-refractivity contribution in [3.05, 3.63) is 34.9 Å². The highest BCUT2D eigenvalue weighted by Gasteiger charge is 2.19. The van der Waals surface area contributed by atoms with E-state index in [1.54, 1.807) is 6.92 Å². The summed E-state index contributed by atoms with van der Waals surface area (Å²) in [6.07, 6.45) is 7.85. The fourth-order valence-corrected chi connectivity index (χ4v) is 3.62. The number of Topliss-reactive ketones (excluding diaryl/α,β-unsaturated/α-hetero) is 1. The van der Waals surface area contributed by atoms with E-state index in [1.165, 1.54) is 37.7 Å². The Kier molecular flexibility index (Phi) is 4.79. The van der Waals surface area contributed by atoms with E-state index in [2.05, 4.69) is 19.1 Å². The van der Waals surface area contributed by atoms with Gasteiger partial charge in [-0.3, -0.25) is 4.79 Å². The van der Waals surface area contributed by atoms with E-state index in [0.29, 0.717) is 0 Å². The maximum Gasteiger partial charge on any atom is 0.160 e. The molecule has 104 valence electrons. The van der Waals surface area contributed by atoms with Gasteiger partial charge in [0.2, 0.25) is 0 Å². The summed E-state index contributed by atoms with van der Waals surface area (Å²) < 4.78 is 0. The molecule has 1 aromatic carbocycles. The summed E-state index contributed by atoms with van der Waals surface area (Å²) in [5, 5.41) is 0. The van der Waals surface area contributed by atoms with Gasteiger partial charge in [-0.2, -0.15) is 0 Å². The first-order valence-electron chi connectivity index (χ1n) is 7.67. The van der Waals surface area contributed by atoms with Crippen molar-refractivity contribution in [2.75, 3.05) is 0 Å². The summed E-state index contributed by atoms with van der Waals surface area (Å²) in [6.45, 7) is 6.11. The number of ketones is 1. The molecule has 0 saturated heterocycles. The maximum atomic E-state index is 11.8. The Hall–Kier alpha value is -1.11. The van der Waals surface area contributed by atoms with E-state index in [1.807, 2.05) is 13.0 Å². The molecule has 0 radical (unpaired) electrons. The fraction of sp³-hybridized carbons (Fsp3) is 0.611. The van der Waals surface area contributed by atoms with Crippen molar-refractivity contribution >= 4 is 5.78 Å². The summed E-state index contributed by atoms with van der Waals surface area (Å²) in [5.74, 6) is 1.97. The summed E-state index contributed by atoms with van der Waals surface area (Å²) in [5.41, 5.74) is 3.35. The van der Waals surface area contributed by atoms with Crippen LogP contribution >= 0.6 is 0 Å². The molecule has 2 unspecified atom stereocenters. The molecule has 1 aliphatic rings. The minimum Gasteiger partial charge on any atom is -0.294 e. The normalized spacial score (nSPS) is 23.3. The molecule has 1 saturated carbocycles. The second-order valence-corrected chi connectivity index (χ2v) is 6.34. The van der Waals surface area contributed by atoms with Crippen LogP contribution < -0.4 is 0 Å². The lowest BCUT2D eigenvalue weighted by molar-refractivity contribution is 0.101. The van der Waals surface area contributed by atoms with Crippen LogP contribution in [0.2, 0.25) is 0 Å². The number of rotatable bonds is 4. The van der Waals surface area contributed by atoms with Crippen LogP contribution in [0.3, 0.4) is 0 Å². The Morgan fingerprint density at radius 2 is 2.11 bits per heavy atom. The monoisotopic (exact) mass is 258 g/mol. The van der Waals surface area contributed by atoms with Crippen LogP contribution in [0.1, 0.15) is 67.4 Å². The zero-order valence-electron chi connectivity index (χ0n) is 12.5. The standard InChI is InChI=1S/C18H26O/c1-13-6-4-8-16(12-13)10-11-17-9-5-7-14(2)18(17)15(3)19/h5,7,9,13,16H,4,6,8,10-12H2,1-3H3. The first kappa shape index (κ1) is 14.3. The smallest absolute Gasteiger partial charge is 0.160 e. The van der Waals surface area contributed by atoms with E-state index >= 15 is 0 Å². The van der Waals surface area contributed by atoms with Crippen molar-refractivity contribution in [3.63, 3.8) is 0 Å². The molecule has 0 spiro atoms. The Labute approximate surface area is 117 Å². The topological polar surface area (TPSA) is 17.1 Å². The molecular weight excluding hydrogens is 232 g/mol. The Morgan fingerprint density at radius 1 is 1.32 bits per heavy atom. The first-order valence-corrected chi connectivity index (χ1v) is 7.67. The summed E-state index contributed by atoms with van der Waals surface area (Å²) in [7, 11) is 0. The van der Waals surface area contributed by atoms with Gasteiger partial charge < -0.3 is 0 Å². The Bertz CT molecular complexity index is 447. The lowest BCUT2D eigenvalue weighted by Crippen LogP contribution is -2.14. The molecule has 1 nitrogen and oxygen atoms in total. The summed E-state index contributed by atoms with van der Waals surface area (Å²) >= 11 is 0. The van der Waals surface area contributed by atoms with Crippen LogP contribution in [-0.4, -0.2) is 5.78 Å². The third-order valence-corrected chi connectivity index (χ3v) is 4.58. The molecular formula is C18H26O. The average Bonchev–Trinajstić information content (AvgIpc) is 2.36. The van der Waals surface area contributed by atoms with Crippen LogP contribution in [0.25, 0.3) is 0 Å². The zero-order chi connectivity index (χ0) is 13.8. The number of aryl methyl sites for hydroxylation is 2. The van der Waals surface area contributed by atoms with Gasteiger partial charge in [-0.25, -0.2) is 0 Å². The molecule has 2 rings (SSSR count). The van der Waals surface area contributed by atoms with E-state index in [-0.39, 0.29) is 5.78 Å². The van der Waals surface area contributed by atoms with Gasteiger partial charge in [-0.05, 0) is 56.1 Å². The van der Waals surface area contributed by atoms with Crippen LogP contribution in [0, 0.1) is 18.8 Å². The predicted octanol–water partition coefficient (Wildman–Crippen LogP) is 4.96. The molecule has 0 heterocycles. The van der Waals surface area contributed by atoms with E-state index in [4.69, 9.17) is 0 Å². The third kappa shape index (κ3) is 3.68. The number of carbonyl (C=O) groups is 1. The molecule has 0 bridgehead atoms. The third-order valence-electron chi connectivity index (χ3n) is 4.58. The quantitative estimate of drug-likeness (QED) is 0.698. The van der Waals surface area contributed by atoms with Gasteiger partial charge in [-0.15, -0.1) is 0 Å². The highest BCUT2D eigenvalue weighted by Crippen LogP contribution is 2.32. The Balaban J connectivity index is 2.03. The van der Waals surface area contributed by atoms with Gasteiger partial charge in [0, 0.05) is 5.56 Å². The highest BCUT2D eigenvalue weighted by atomic mass is 16.1. The molecule has 1 aliphatic carbocycles. The van der Waals surface area contributed by atoms with Crippen molar-refractivity contribution < 1.29 is 4.79 Å². The van der Waals surface area contributed by atoms with Crippen molar-refractivity contribution in [1.82, 2.24) is 0 Å². The van der Waals surface area contributed by atoms with E-state index in [0.717, 1.165) is 29.4 Å². The van der Waals surface area contributed by atoms with Gasteiger partial charge >= 0.3 is 0 Å². The molecule has 0 aromatic heterocycles. The fourth-order valence-electron chi connectivity index (χ4n) is 3.62. The molecule has 0 aliphatic heterocycles. The van der Waals surface area contributed by atoms with Crippen LogP contribution in [-0.2, 0) is 6.42 Å². The van der Waals surface area contributed by atoms with Crippen LogP contribution in [0.4, 0.5) is 0 Å². The summed E-state index contributed by atoms with van der Waals surface area (Å²) in [6, 6.07) is 6.26. The lowest BCUT2D eigenvalue weighted by Gasteiger charge is -2.26. The van der Waals surface area contributed by atoms with Gasteiger partial charge in [0.05, 0.1) is 0 Å². The Morgan fingerprint density at radius 3 is 2.79 bits per heavy atom. The predicted molar refractivity (Wildman–Crippen MR) is 80.6 cm³/mol. The lowest BCUT2D eigenvalue weighted by atomic mass is 9.79. The van der Waals surface area contributed by atoms with Gasteiger partial charge in [-0.1, -0.05) is 44.4 Å². The molecule has 0 N–H and O–H groups in total. The SMILES string of the molecule is CC(=O)c1c(C)cccc1CCC1CCCC(C)C1. The van der Waals surface area contributed by atoms with Crippen molar-refractivity contribution in [2.45, 2.75) is 59.3 Å². The number of benzene rings is 1. The second-order valence-electron chi connectivity index (χ2n) is 6.34. The number of hydrogen-bond acceptors (Lipinski definition) is 1. The minimum atomic E-state index is 0.213. The van der Waals surface area contributed by atoms with Gasteiger partial charge in [0.25, 0.3) is 0 Å². The molecule has 2 atom stereocenters. The van der Waals surface area contributed by atoms with Crippen molar-refractivity contribution in [1.29, 1.82) is 0 Å². The minimum absolute atomic E-state index is 0.213. The van der Waals surface area contributed by atoms with Crippen molar-refractivity contribution in [3.8, 4) is 0 Å². The average molecular weight is 258 g/mol. The molecule has 1 heteroatoms. The second kappa shape index (κ2) is 6.36. The van der Waals surface area contributed by atoms with Gasteiger partial charge in [0.1, 0.15) is 0 Å². The molecule has 0 amide bonds. The van der Waals surface area contributed by atoms with Gasteiger partial charge in [0.15, 0.2) is 5.78 Å². The van der Waals surface area contributed by atoms with Crippen LogP contribution in [0.5, 0.6) is 0 Å². The maximum absolute atomic E-state index is 11.8. The molecule has 1 aromatic rings. The first-order chi connectivity index (χ1) is 9.08. The number of hydrogen-bond donors (Lipinski definition) is 0. The largest absolute Gasteiger partial charge is 0.294 e. The summed E-state index contributed by atoms with van der Waals surface area (Å²) in [4.78, 5) is 11.8. The van der Waals surface area contributed by atoms with E-state index < -0.39 is 0 Å².